The Hall–Kier alpha value is -0.940. The molecule has 1 unspecified atom stereocenters. The standard InChI is InChI=1S/C23H50N4O.C22H47N3.C12H28N4.C2H4O.CH4/c1-3-5-6-7-8-9-10-11-12-23(28)22-27(14-4-2)21-20-26-18-16-25(15-13-24)17-19-26;1-3-5-6-7-8-9-10-11-12-13-14-15-23-16-18-25-21-19-24(17-4-2)20-22-25;1-2-3-7-15-9-11-16(12-10-15)8-6-14-5-4-13;1-2-3;/h23,28H,3-22,24H2,1-2H3;23H,3-22H2,1-2H3;14H,2-13H2,1H3;2-3H,1H2;1H4. The lowest BCUT2D eigenvalue weighted by Crippen LogP contribution is -2.49. The second-order valence-electron chi connectivity index (χ2n) is 21.4. The van der Waals surface area contributed by atoms with Gasteiger partial charge in [-0.15, -0.1) is 0 Å². The van der Waals surface area contributed by atoms with E-state index in [0.29, 0.717) is 0 Å². The van der Waals surface area contributed by atoms with E-state index in [1.807, 2.05) is 0 Å². The van der Waals surface area contributed by atoms with Crippen molar-refractivity contribution in [2.45, 2.75) is 202 Å². The molecule has 0 spiro atoms. The first-order valence-corrected chi connectivity index (χ1v) is 31.1. The SMILES string of the molecule is C.C=CO.CCCCCCCCCCC(O)CN(CCC)CCN1CCN(CCN)CC1.CCCCCCCCCCCCCNCCN1CCN(CCC)CC1.CCCCN1CCN(CCNCCN)CC1. The van der Waals surface area contributed by atoms with Gasteiger partial charge in [-0.3, -0.25) is 24.5 Å². The number of nitrogens with one attached hydrogen (secondary N) is 2. The van der Waals surface area contributed by atoms with Crippen molar-refractivity contribution in [3.05, 3.63) is 12.8 Å². The summed E-state index contributed by atoms with van der Waals surface area (Å²) in [7, 11) is 0. The van der Waals surface area contributed by atoms with Gasteiger partial charge in [0.1, 0.15) is 0 Å². The van der Waals surface area contributed by atoms with E-state index in [2.05, 4.69) is 86.1 Å². The van der Waals surface area contributed by atoms with Crippen molar-refractivity contribution in [1.82, 2.24) is 44.9 Å². The highest BCUT2D eigenvalue weighted by Crippen LogP contribution is 2.13. The summed E-state index contributed by atoms with van der Waals surface area (Å²) < 4.78 is 0. The van der Waals surface area contributed by atoms with E-state index in [1.54, 1.807) is 0 Å². The number of rotatable bonds is 43. The first-order chi connectivity index (χ1) is 35.3. The Labute approximate surface area is 456 Å². The van der Waals surface area contributed by atoms with Crippen LogP contribution in [0.1, 0.15) is 196 Å². The molecule has 0 aromatic rings. The molecule has 3 aliphatic heterocycles. The zero-order chi connectivity index (χ0) is 52.8. The van der Waals surface area contributed by atoms with Crippen LogP contribution in [0.2, 0.25) is 0 Å². The Bertz CT molecular complexity index is 1040. The smallest absolute Gasteiger partial charge is 0.0719 e. The van der Waals surface area contributed by atoms with Crippen LogP contribution in [0, 0.1) is 0 Å². The third kappa shape index (κ3) is 49.1. The molecule has 3 saturated heterocycles. The lowest BCUT2D eigenvalue weighted by molar-refractivity contribution is 0.0840. The zero-order valence-corrected chi connectivity index (χ0v) is 49.1. The highest BCUT2D eigenvalue weighted by Gasteiger charge is 2.19. The molecule has 1 atom stereocenters. The maximum absolute atomic E-state index is 10.5. The summed E-state index contributed by atoms with van der Waals surface area (Å²) in [4.78, 5) is 17.9. The Morgan fingerprint density at radius 3 is 1.21 bits per heavy atom. The molecule has 73 heavy (non-hydrogen) atoms. The van der Waals surface area contributed by atoms with E-state index in [9.17, 15) is 5.11 Å². The van der Waals surface area contributed by atoms with E-state index < -0.39 is 0 Å². The van der Waals surface area contributed by atoms with Crippen LogP contribution in [-0.4, -0.2) is 227 Å². The lowest BCUT2D eigenvalue weighted by atomic mass is 10.1. The average Bonchev–Trinajstić information content (AvgIpc) is 3.39. The van der Waals surface area contributed by atoms with Gasteiger partial charge in [-0.1, -0.05) is 171 Å². The lowest BCUT2D eigenvalue weighted by Gasteiger charge is -2.36. The fraction of sp³-hybridized carbons (Fsp3) is 0.967. The van der Waals surface area contributed by atoms with Gasteiger partial charge >= 0.3 is 0 Å². The number of unbranched alkanes of at least 4 members (excludes halogenated alkanes) is 18. The van der Waals surface area contributed by atoms with E-state index >= 15 is 0 Å². The predicted octanol–water partition coefficient (Wildman–Crippen LogP) is 9.36. The largest absolute Gasteiger partial charge is 0.516 e. The Kier molecular flexibility index (Phi) is 59.6. The van der Waals surface area contributed by atoms with Crippen molar-refractivity contribution in [2.24, 2.45) is 11.5 Å². The number of piperazine rings is 3. The molecule has 3 aliphatic rings. The highest BCUT2D eigenvalue weighted by atomic mass is 16.3. The summed E-state index contributed by atoms with van der Waals surface area (Å²) in [6, 6.07) is 0. The van der Waals surface area contributed by atoms with Gasteiger partial charge in [0.15, 0.2) is 0 Å². The summed E-state index contributed by atoms with van der Waals surface area (Å²) in [5, 5.41) is 24.8. The fourth-order valence-electron chi connectivity index (χ4n) is 10.1. The fourth-order valence-corrected chi connectivity index (χ4v) is 10.1. The molecule has 3 rings (SSSR count). The summed E-state index contributed by atoms with van der Waals surface area (Å²) in [5.41, 5.74) is 11.1. The van der Waals surface area contributed by atoms with Gasteiger partial charge in [0.2, 0.25) is 0 Å². The second kappa shape index (κ2) is 58.7. The van der Waals surface area contributed by atoms with Crippen molar-refractivity contribution >= 4 is 0 Å². The maximum Gasteiger partial charge on any atom is 0.0719 e. The summed E-state index contributed by atoms with van der Waals surface area (Å²) >= 11 is 0. The van der Waals surface area contributed by atoms with Gasteiger partial charge in [-0.05, 0) is 58.3 Å². The van der Waals surface area contributed by atoms with Crippen LogP contribution < -0.4 is 22.1 Å². The van der Waals surface area contributed by atoms with Crippen molar-refractivity contribution < 1.29 is 10.2 Å². The molecule has 0 aliphatic carbocycles. The summed E-state index contributed by atoms with van der Waals surface area (Å²) in [5.74, 6) is 0. The molecule has 0 aromatic heterocycles. The predicted molar refractivity (Wildman–Crippen MR) is 324 cm³/mol. The van der Waals surface area contributed by atoms with Crippen molar-refractivity contribution in [3.63, 3.8) is 0 Å². The first kappa shape index (κ1) is 74.1. The van der Waals surface area contributed by atoms with Crippen LogP contribution in [-0.2, 0) is 0 Å². The minimum absolute atomic E-state index is 0. The Morgan fingerprint density at radius 1 is 0.425 bits per heavy atom. The molecule has 3 fully saturated rings. The topological polar surface area (TPSA) is 139 Å². The summed E-state index contributed by atoms with van der Waals surface area (Å²) in [6.07, 6.45) is 33.1. The minimum atomic E-state index is -0.159. The van der Waals surface area contributed by atoms with E-state index in [4.69, 9.17) is 16.6 Å². The molecule has 13 heteroatoms. The van der Waals surface area contributed by atoms with Gasteiger partial charge in [-0.2, -0.15) is 0 Å². The number of nitrogens with zero attached hydrogens (tertiary/aromatic N) is 7. The average molecular weight is 1040 g/mol. The molecule has 0 bridgehead atoms. The van der Waals surface area contributed by atoms with Crippen LogP contribution in [0.3, 0.4) is 0 Å². The Balaban J connectivity index is 0. The molecule has 0 saturated carbocycles. The highest BCUT2D eigenvalue weighted by molar-refractivity contribution is 4.76. The Morgan fingerprint density at radius 2 is 0.795 bits per heavy atom. The normalized spacial score (nSPS) is 16.7. The van der Waals surface area contributed by atoms with Gasteiger partial charge < -0.3 is 42.1 Å². The first-order valence-electron chi connectivity index (χ1n) is 31.1. The van der Waals surface area contributed by atoms with Crippen LogP contribution in [0.15, 0.2) is 12.8 Å². The number of aliphatic hydroxyl groups excluding tert-OH is 2. The van der Waals surface area contributed by atoms with E-state index in [0.717, 1.165) is 104 Å². The van der Waals surface area contributed by atoms with Crippen LogP contribution >= 0.6 is 0 Å². The van der Waals surface area contributed by atoms with Crippen molar-refractivity contribution in [2.75, 3.05) is 177 Å². The second-order valence-corrected chi connectivity index (χ2v) is 21.4. The molecule has 3 heterocycles. The van der Waals surface area contributed by atoms with E-state index in [1.165, 1.54) is 233 Å². The molecule has 0 amide bonds. The number of hydrogen-bond donors (Lipinski definition) is 6. The van der Waals surface area contributed by atoms with Crippen LogP contribution in [0.5, 0.6) is 0 Å². The summed E-state index contributed by atoms with van der Waals surface area (Å²) in [6.45, 7) is 44.9. The molecular formula is C60H133N11O2. The van der Waals surface area contributed by atoms with Crippen molar-refractivity contribution in [1.29, 1.82) is 0 Å². The molecule has 0 aromatic carbocycles. The van der Waals surface area contributed by atoms with Crippen LogP contribution in [0.4, 0.5) is 0 Å². The molecule has 8 N–H and O–H groups in total. The quantitative estimate of drug-likeness (QED) is 0.0256. The van der Waals surface area contributed by atoms with Gasteiger partial charge in [0.05, 0.1) is 12.4 Å². The zero-order valence-electron chi connectivity index (χ0n) is 49.1. The maximum atomic E-state index is 10.5. The van der Waals surface area contributed by atoms with E-state index in [-0.39, 0.29) is 13.5 Å². The van der Waals surface area contributed by atoms with Crippen LogP contribution in [0.25, 0.3) is 0 Å². The third-order valence-electron chi connectivity index (χ3n) is 14.8. The molecule has 13 nitrogen and oxygen atoms in total. The number of nitrogens with two attached hydrogens (primary N) is 2. The molecular weight excluding hydrogens is 907 g/mol. The molecule has 440 valence electrons. The number of aliphatic hydroxyl groups is 2. The van der Waals surface area contributed by atoms with Crippen molar-refractivity contribution in [3.8, 4) is 0 Å². The monoisotopic (exact) mass is 1040 g/mol. The molecule has 0 radical (unpaired) electrons. The third-order valence-corrected chi connectivity index (χ3v) is 14.8. The van der Waals surface area contributed by atoms with Gasteiger partial charge in [-0.25, -0.2) is 0 Å². The van der Waals surface area contributed by atoms with Gasteiger partial charge in [0.25, 0.3) is 0 Å². The van der Waals surface area contributed by atoms with Gasteiger partial charge in [0, 0.05) is 151 Å². The minimum Gasteiger partial charge on any atom is -0.516 e. The number of hydrogen-bond acceptors (Lipinski definition) is 13.